The zero-order valence-electron chi connectivity index (χ0n) is 13.8. The second-order valence-corrected chi connectivity index (χ2v) is 8.90. The molecule has 22 heavy (non-hydrogen) atoms. The van der Waals surface area contributed by atoms with Crippen molar-refractivity contribution in [1.82, 2.24) is 0 Å². The zero-order valence-corrected chi connectivity index (χ0v) is 13.8. The Balaban J connectivity index is 1.68. The number of aliphatic hydroxyl groups excluding tert-OH is 2. The molecule has 3 unspecified atom stereocenters. The summed E-state index contributed by atoms with van der Waals surface area (Å²) in [5, 5.41) is 20.5. The predicted molar refractivity (Wildman–Crippen MR) is 84.0 cm³/mol. The van der Waals surface area contributed by atoms with E-state index in [0.717, 1.165) is 38.5 Å². The molecule has 0 aromatic carbocycles. The lowest BCUT2D eigenvalue weighted by atomic mass is 9.47. The Morgan fingerprint density at radius 2 is 1.95 bits per heavy atom. The molecule has 4 aliphatic rings. The van der Waals surface area contributed by atoms with Crippen LogP contribution in [0.2, 0.25) is 0 Å². The Bertz CT molecular complexity index is 504. The quantitative estimate of drug-likeness (QED) is 0.671. The second-order valence-electron chi connectivity index (χ2n) is 8.90. The number of allylic oxidation sites excluding steroid dienone is 1. The molecular weight excluding hydrogens is 279 g/mol. The van der Waals surface area contributed by atoms with E-state index in [1.165, 1.54) is 5.57 Å². The molecule has 0 saturated heterocycles. The summed E-state index contributed by atoms with van der Waals surface area (Å²) in [5.41, 5.74) is 1.41. The van der Waals surface area contributed by atoms with Crippen LogP contribution in [-0.4, -0.2) is 28.6 Å². The zero-order chi connectivity index (χ0) is 15.7. The Labute approximate surface area is 132 Å². The van der Waals surface area contributed by atoms with E-state index >= 15 is 0 Å². The normalized spacial score (nSPS) is 57.6. The van der Waals surface area contributed by atoms with Crippen molar-refractivity contribution < 1.29 is 14.6 Å². The van der Waals surface area contributed by atoms with Crippen LogP contribution in [0, 0.1) is 28.6 Å². The van der Waals surface area contributed by atoms with E-state index in [2.05, 4.69) is 19.9 Å². The third-order valence-electron chi connectivity index (χ3n) is 7.97. The highest BCUT2D eigenvalue weighted by Crippen LogP contribution is 2.65. The third-order valence-corrected chi connectivity index (χ3v) is 7.97. The molecule has 4 aliphatic carbocycles. The molecule has 8 atom stereocenters. The summed E-state index contributed by atoms with van der Waals surface area (Å²) in [7, 11) is 0. The van der Waals surface area contributed by atoms with E-state index < -0.39 is 12.3 Å². The largest absolute Gasteiger partial charge is 0.393 e. The summed E-state index contributed by atoms with van der Waals surface area (Å²) >= 11 is 0. The molecule has 0 aromatic rings. The van der Waals surface area contributed by atoms with Crippen molar-refractivity contribution in [2.75, 3.05) is 0 Å². The first-order valence-corrected chi connectivity index (χ1v) is 9.06. The number of fused-ring (bicyclic) bond motifs is 5. The summed E-state index contributed by atoms with van der Waals surface area (Å²) in [6.07, 6.45) is 6.68. The Morgan fingerprint density at radius 3 is 2.73 bits per heavy atom. The van der Waals surface area contributed by atoms with E-state index in [1.807, 2.05) is 0 Å². The summed E-state index contributed by atoms with van der Waals surface area (Å²) in [5.74, 6) is 1.38. The lowest BCUT2D eigenvalue weighted by Crippen LogP contribution is -2.52. The van der Waals surface area contributed by atoms with Crippen LogP contribution in [0.3, 0.4) is 0 Å². The first-order chi connectivity index (χ1) is 10.4. The van der Waals surface area contributed by atoms with Crippen molar-refractivity contribution in [2.45, 2.75) is 77.2 Å². The summed E-state index contributed by atoms with van der Waals surface area (Å²) in [4.78, 5) is 0. The highest BCUT2D eigenvalue weighted by molar-refractivity contribution is 5.25. The average molecular weight is 308 g/mol. The average Bonchev–Trinajstić information content (AvgIpc) is 2.70. The lowest BCUT2D eigenvalue weighted by Gasteiger charge is -2.58. The fourth-order valence-corrected chi connectivity index (χ4v) is 6.74. The van der Waals surface area contributed by atoms with Gasteiger partial charge < -0.3 is 10.2 Å². The van der Waals surface area contributed by atoms with Crippen LogP contribution >= 0.6 is 0 Å². The number of alkyl halides is 1. The van der Waals surface area contributed by atoms with Gasteiger partial charge in [0.1, 0.15) is 6.17 Å². The summed E-state index contributed by atoms with van der Waals surface area (Å²) in [6, 6.07) is 0. The van der Waals surface area contributed by atoms with Gasteiger partial charge in [-0.3, -0.25) is 0 Å². The Hall–Kier alpha value is -0.410. The summed E-state index contributed by atoms with van der Waals surface area (Å²) < 4.78 is 14.2. The standard InChI is InChI=1S/C19H29FO2/c1-18-8-7-14-13(15(18)9-16(20)17(18)22)6-4-11-3-5-12(21)10-19(11,14)2/h3,12-17,21-22H,4-10H2,1-2H3/t12?,13-,14-,15+,16?,17?,18+,19+/m1/s1. The fourth-order valence-electron chi connectivity index (χ4n) is 6.74. The highest BCUT2D eigenvalue weighted by atomic mass is 19.1. The van der Waals surface area contributed by atoms with Crippen molar-refractivity contribution in [3.63, 3.8) is 0 Å². The maximum absolute atomic E-state index is 14.2. The van der Waals surface area contributed by atoms with E-state index in [4.69, 9.17) is 0 Å². The molecule has 3 fully saturated rings. The fraction of sp³-hybridized carbons (Fsp3) is 0.895. The van der Waals surface area contributed by atoms with Gasteiger partial charge in [-0.05, 0) is 73.5 Å². The van der Waals surface area contributed by atoms with Gasteiger partial charge in [0.2, 0.25) is 0 Å². The van der Waals surface area contributed by atoms with Crippen LogP contribution in [0.1, 0.15) is 58.8 Å². The molecule has 2 N–H and O–H groups in total. The molecule has 124 valence electrons. The van der Waals surface area contributed by atoms with Gasteiger partial charge in [-0.15, -0.1) is 0 Å². The van der Waals surface area contributed by atoms with Crippen molar-refractivity contribution in [3.05, 3.63) is 11.6 Å². The molecule has 0 spiro atoms. The Kier molecular flexibility index (Phi) is 3.30. The van der Waals surface area contributed by atoms with Crippen LogP contribution in [0.15, 0.2) is 11.6 Å². The third kappa shape index (κ3) is 1.84. The van der Waals surface area contributed by atoms with Crippen LogP contribution < -0.4 is 0 Å². The van der Waals surface area contributed by atoms with Crippen molar-refractivity contribution >= 4 is 0 Å². The Morgan fingerprint density at radius 1 is 1.18 bits per heavy atom. The number of rotatable bonds is 0. The van der Waals surface area contributed by atoms with Crippen molar-refractivity contribution in [3.8, 4) is 0 Å². The second kappa shape index (κ2) is 4.80. The van der Waals surface area contributed by atoms with Crippen LogP contribution in [0.5, 0.6) is 0 Å². The van der Waals surface area contributed by atoms with Gasteiger partial charge in [0.15, 0.2) is 0 Å². The smallest absolute Gasteiger partial charge is 0.127 e. The molecule has 0 aliphatic heterocycles. The van der Waals surface area contributed by atoms with Gasteiger partial charge >= 0.3 is 0 Å². The maximum Gasteiger partial charge on any atom is 0.127 e. The van der Waals surface area contributed by atoms with E-state index in [0.29, 0.717) is 24.2 Å². The molecule has 0 bridgehead atoms. The van der Waals surface area contributed by atoms with Crippen LogP contribution in [0.25, 0.3) is 0 Å². The molecule has 2 nitrogen and oxygen atoms in total. The number of halogens is 1. The van der Waals surface area contributed by atoms with E-state index in [1.54, 1.807) is 0 Å². The molecule has 3 heteroatoms. The number of hydrogen-bond acceptors (Lipinski definition) is 2. The molecule has 3 saturated carbocycles. The van der Waals surface area contributed by atoms with Gasteiger partial charge in [-0.25, -0.2) is 4.39 Å². The lowest BCUT2D eigenvalue weighted by molar-refractivity contribution is -0.0857. The van der Waals surface area contributed by atoms with E-state index in [9.17, 15) is 14.6 Å². The van der Waals surface area contributed by atoms with Gasteiger partial charge in [-0.1, -0.05) is 25.5 Å². The van der Waals surface area contributed by atoms with Crippen molar-refractivity contribution in [2.24, 2.45) is 28.6 Å². The molecule has 0 heterocycles. The van der Waals surface area contributed by atoms with Crippen molar-refractivity contribution in [1.29, 1.82) is 0 Å². The highest BCUT2D eigenvalue weighted by Gasteiger charge is 2.61. The van der Waals surface area contributed by atoms with Gasteiger partial charge in [-0.2, -0.15) is 0 Å². The predicted octanol–water partition coefficient (Wildman–Crippen LogP) is 3.62. The number of hydrogen-bond donors (Lipinski definition) is 2. The van der Waals surface area contributed by atoms with Gasteiger partial charge in [0.05, 0.1) is 12.2 Å². The molecule has 0 aromatic heterocycles. The molecule has 0 amide bonds. The minimum Gasteiger partial charge on any atom is -0.393 e. The van der Waals surface area contributed by atoms with Crippen LogP contribution in [-0.2, 0) is 0 Å². The van der Waals surface area contributed by atoms with E-state index in [-0.39, 0.29) is 16.9 Å². The first-order valence-electron chi connectivity index (χ1n) is 9.06. The maximum atomic E-state index is 14.2. The molecular formula is C19H29FO2. The van der Waals surface area contributed by atoms with Gasteiger partial charge in [0.25, 0.3) is 0 Å². The molecule has 0 radical (unpaired) electrons. The molecule has 4 rings (SSSR count). The number of aliphatic hydroxyl groups is 2. The van der Waals surface area contributed by atoms with Gasteiger partial charge in [0, 0.05) is 0 Å². The first kappa shape index (κ1) is 15.1. The van der Waals surface area contributed by atoms with Crippen LogP contribution in [0.4, 0.5) is 4.39 Å². The minimum absolute atomic E-state index is 0.0985. The monoisotopic (exact) mass is 308 g/mol. The minimum atomic E-state index is -1.05. The summed E-state index contributed by atoms with van der Waals surface area (Å²) in [6.45, 7) is 4.44. The topological polar surface area (TPSA) is 40.5 Å². The SMILES string of the molecule is C[C@]12CC(O)CC=C1CC[C@@H]1[C@H]2CC[C@]2(C)C(O)C(F)C[C@@H]12.